The summed E-state index contributed by atoms with van der Waals surface area (Å²) in [6.45, 7) is 5.78. The maximum atomic E-state index is 13.2. The number of hydrogen-bond donors (Lipinski definition) is 1. The molecule has 2 aromatic rings. The van der Waals surface area contributed by atoms with Gasteiger partial charge in [-0.2, -0.15) is 11.8 Å². The van der Waals surface area contributed by atoms with E-state index in [0.717, 1.165) is 11.3 Å². The predicted molar refractivity (Wildman–Crippen MR) is 117 cm³/mol. The highest BCUT2D eigenvalue weighted by Gasteiger charge is 2.26. The summed E-state index contributed by atoms with van der Waals surface area (Å²) in [5, 5.41) is 2.86. The summed E-state index contributed by atoms with van der Waals surface area (Å²) < 4.78 is 13.2. The first kappa shape index (κ1) is 22.9. The zero-order chi connectivity index (χ0) is 21.2. The number of rotatable bonds is 10. The van der Waals surface area contributed by atoms with Crippen LogP contribution in [0.15, 0.2) is 54.6 Å². The van der Waals surface area contributed by atoms with Crippen molar-refractivity contribution in [2.75, 3.05) is 5.75 Å². The largest absolute Gasteiger partial charge is 0.352 e. The van der Waals surface area contributed by atoms with Gasteiger partial charge in [0.15, 0.2) is 0 Å². The van der Waals surface area contributed by atoms with Crippen molar-refractivity contribution in [1.29, 1.82) is 0 Å². The van der Waals surface area contributed by atoms with E-state index in [1.807, 2.05) is 32.0 Å². The Bertz CT molecular complexity index is 781. The van der Waals surface area contributed by atoms with Gasteiger partial charge < -0.3 is 10.2 Å². The molecular formula is C23H29FN2O2S. The summed E-state index contributed by atoms with van der Waals surface area (Å²) in [5.41, 5.74) is 2.01. The lowest BCUT2D eigenvalue weighted by molar-refractivity contribution is -0.140. The summed E-state index contributed by atoms with van der Waals surface area (Å²) in [4.78, 5) is 27.0. The smallest absolute Gasteiger partial charge is 0.242 e. The van der Waals surface area contributed by atoms with E-state index < -0.39 is 6.04 Å². The van der Waals surface area contributed by atoms with E-state index in [1.165, 1.54) is 17.7 Å². The van der Waals surface area contributed by atoms with E-state index in [0.29, 0.717) is 12.2 Å². The van der Waals surface area contributed by atoms with Crippen LogP contribution in [0.3, 0.4) is 0 Å². The van der Waals surface area contributed by atoms with Gasteiger partial charge in [0.1, 0.15) is 11.9 Å². The van der Waals surface area contributed by atoms with Crippen LogP contribution in [-0.4, -0.2) is 34.6 Å². The maximum absolute atomic E-state index is 13.2. The molecule has 4 nitrogen and oxygen atoms in total. The number of amides is 2. The molecule has 2 amide bonds. The SMILES string of the molecule is CC(C)NC(=O)C(C)N(Cc1ccc(F)cc1)C(=O)CCSCc1ccccc1. The molecule has 0 saturated heterocycles. The van der Waals surface area contributed by atoms with E-state index in [9.17, 15) is 14.0 Å². The molecule has 0 fully saturated rings. The van der Waals surface area contributed by atoms with Crippen molar-refractivity contribution < 1.29 is 14.0 Å². The molecule has 0 aromatic heterocycles. The molecule has 0 aliphatic rings. The van der Waals surface area contributed by atoms with Crippen LogP contribution in [0.4, 0.5) is 4.39 Å². The number of hydrogen-bond acceptors (Lipinski definition) is 3. The van der Waals surface area contributed by atoms with Crippen molar-refractivity contribution in [2.45, 2.75) is 51.6 Å². The van der Waals surface area contributed by atoms with Gasteiger partial charge in [0.25, 0.3) is 0 Å². The highest BCUT2D eigenvalue weighted by Crippen LogP contribution is 2.16. The van der Waals surface area contributed by atoms with Crippen LogP contribution in [0.25, 0.3) is 0 Å². The van der Waals surface area contributed by atoms with Gasteiger partial charge in [-0.1, -0.05) is 42.5 Å². The highest BCUT2D eigenvalue weighted by molar-refractivity contribution is 7.98. The predicted octanol–water partition coefficient (Wildman–Crippen LogP) is 4.39. The monoisotopic (exact) mass is 416 g/mol. The third-order valence-electron chi connectivity index (χ3n) is 4.44. The number of nitrogens with zero attached hydrogens (tertiary/aromatic N) is 1. The Hall–Kier alpha value is -2.34. The van der Waals surface area contributed by atoms with Gasteiger partial charge in [-0.25, -0.2) is 4.39 Å². The zero-order valence-corrected chi connectivity index (χ0v) is 18.0. The van der Waals surface area contributed by atoms with Gasteiger partial charge >= 0.3 is 0 Å². The molecule has 2 rings (SSSR count). The van der Waals surface area contributed by atoms with Crippen LogP contribution in [0.1, 0.15) is 38.3 Å². The minimum atomic E-state index is -0.603. The van der Waals surface area contributed by atoms with Crippen molar-refractivity contribution in [3.8, 4) is 0 Å². The first-order chi connectivity index (χ1) is 13.9. The molecule has 1 N–H and O–H groups in total. The number of thioether (sulfide) groups is 1. The average Bonchev–Trinajstić information content (AvgIpc) is 2.70. The molecule has 156 valence electrons. The second kappa shape index (κ2) is 11.6. The lowest BCUT2D eigenvalue weighted by atomic mass is 10.1. The van der Waals surface area contributed by atoms with Crippen LogP contribution in [0.2, 0.25) is 0 Å². The first-order valence-electron chi connectivity index (χ1n) is 9.82. The molecule has 0 heterocycles. The molecule has 29 heavy (non-hydrogen) atoms. The van der Waals surface area contributed by atoms with Gasteiger partial charge in [-0.3, -0.25) is 9.59 Å². The van der Waals surface area contributed by atoms with Crippen molar-refractivity contribution >= 4 is 23.6 Å². The Morgan fingerprint density at radius 1 is 1.00 bits per heavy atom. The summed E-state index contributed by atoms with van der Waals surface area (Å²) in [5.74, 6) is 0.921. The van der Waals surface area contributed by atoms with E-state index >= 15 is 0 Å². The Kier molecular flexibility index (Phi) is 9.19. The molecule has 1 atom stereocenters. The van der Waals surface area contributed by atoms with Crippen LogP contribution in [-0.2, 0) is 21.9 Å². The third kappa shape index (κ3) is 7.89. The number of benzene rings is 2. The fraction of sp³-hybridized carbons (Fsp3) is 0.391. The molecule has 0 bridgehead atoms. The van der Waals surface area contributed by atoms with Gasteiger partial charge in [-0.15, -0.1) is 0 Å². The molecule has 1 unspecified atom stereocenters. The van der Waals surface area contributed by atoms with Crippen molar-refractivity contribution in [1.82, 2.24) is 10.2 Å². The molecule has 6 heteroatoms. The number of carbonyl (C=O) groups excluding carboxylic acids is 2. The van der Waals surface area contributed by atoms with E-state index in [1.54, 1.807) is 35.7 Å². The standard InChI is InChI=1S/C23H29FN2O2S/c1-17(2)25-23(28)18(3)26(15-19-9-11-21(24)12-10-19)22(27)13-14-29-16-20-7-5-4-6-8-20/h4-12,17-18H,13-16H2,1-3H3,(H,25,28). The van der Waals surface area contributed by atoms with Crippen LogP contribution < -0.4 is 5.32 Å². The van der Waals surface area contributed by atoms with E-state index in [2.05, 4.69) is 17.4 Å². The van der Waals surface area contributed by atoms with Gasteiger partial charge in [0, 0.05) is 30.5 Å². The lowest BCUT2D eigenvalue weighted by Gasteiger charge is -2.29. The fourth-order valence-corrected chi connectivity index (χ4v) is 3.73. The second-order valence-corrected chi connectivity index (χ2v) is 8.38. The Labute approximate surface area is 176 Å². The van der Waals surface area contributed by atoms with Crippen LogP contribution in [0.5, 0.6) is 0 Å². The Morgan fingerprint density at radius 2 is 1.66 bits per heavy atom. The third-order valence-corrected chi connectivity index (χ3v) is 5.47. The summed E-state index contributed by atoms with van der Waals surface area (Å²) >= 11 is 1.69. The van der Waals surface area contributed by atoms with Crippen molar-refractivity contribution in [3.05, 3.63) is 71.5 Å². The fourth-order valence-electron chi connectivity index (χ4n) is 2.84. The van der Waals surface area contributed by atoms with E-state index in [-0.39, 0.29) is 30.2 Å². The lowest BCUT2D eigenvalue weighted by Crippen LogP contribution is -2.49. The van der Waals surface area contributed by atoms with Crippen LogP contribution in [0, 0.1) is 5.82 Å². The maximum Gasteiger partial charge on any atom is 0.242 e. The van der Waals surface area contributed by atoms with Gasteiger partial charge in [0.05, 0.1) is 0 Å². The normalized spacial score (nSPS) is 11.9. The summed E-state index contributed by atoms with van der Waals surface area (Å²) in [7, 11) is 0. The molecule has 0 aliphatic heterocycles. The highest BCUT2D eigenvalue weighted by atomic mass is 32.2. The van der Waals surface area contributed by atoms with Gasteiger partial charge in [0.2, 0.25) is 11.8 Å². The first-order valence-corrected chi connectivity index (χ1v) is 11.0. The second-order valence-electron chi connectivity index (χ2n) is 7.28. The number of carbonyl (C=O) groups is 2. The van der Waals surface area contributed by atoms with Crippen molar-refractivity contribution in [3.63, 3.8) is 0 Å². The topological polar surface area (TPSA) is 49.4 Å². The minimum absolute atomic E-state index is 0.00542. The minimum Gasteiger partial charge on any atom is -0.352 e. The summed E-state index contributed by atoms with van der Waals surface area (Å²) in [6.07, 6.45) is 0.345. The molecule has 0 radical (unpaired) electrons. The Morgan fingerprint density at radius 3 is 2.28 bits per heavy atom. The molecular weight excluding hydrogens is 387 g/mol. The van der Waals surface area contributed by atoms with Gasteiger partial charge in [-0.05, 0) is 44.0 Å². The quantitative estimate of drug-likeness (QED) is 0.585. The van der Waals surface area contributed by atoms with Crippen molar-refractivity contribution in [2.24, 2.45) is 0 Å². The average molecular weight is 417 g/mol. The number of halogens is 1. The van der Waals surface area contributed by atoms with Crippen LogP contribution >= 0.6 is 11.8 Å². The molecule has 0 aliphatic carbocycles. The molecule has 0 saturated carbocycles. The Balaban J connectivity index is 1.99. The molecule has 0 spiro atoms. The summed E-state index contributed by atoms with van der Waals surface area (Å²) in [6, 6.07) is 15.5. The zero-order valence-electron chi connectivity index (χ0n) is 17.2. The number of nitrogens with one attached hydrogen (secondary N) is 1. The van der Waals surface area contributed by atoms with E-state index in [4.69, 9.17) is 0 Å². The molecule has 2 aromatic carbocycles.